The largest absolute Gasteiger partial charge is 0.451 e. The van der Waals surface area contributed by atoms with E-state index in [9.17, 15) is 22.0 Å². The molecule has 0 unspecified atom stereocenters. The van der Waals surface area contributed by atoms with Crippen LogP contribution in [0.1, 0.15) is 17.9 Å². The minimum atomic E-state index is -4.72. The highest BCUT2D eigenvalue weighted by molar-refractivity contribution is 5.76. The van der Waals surface area contributed by atoms with Gasteiger partial charge in [-0.1, -0.05) is 0 Å². The van der Waals surface area contributed by atoms with Crippen molar-refractivity contribution in [1.29, 1.82) is 0 Å². The van der Waals surface area contributed by atoms with Crippen LogP contribution >= 0.6 is 0 Å². The summed E-state index contributed by atoms with van der Waals surface area (Å²) in [7, 11) is 0. The van der Waals surface area contributed by atoms with Crippen LogP contribution in [0.15, 0.2) is 24.8 Å². The number of nitrogens with one attached hydrogen (secondary N) is 2. The van der Waals surface area contributed by atoms with Crippen molar-refractivity contribution in [3.63, 3.8) is 0 Å². The van der Waals surface area contributed by atoms with Crippen molar-refractivity contribution < 1.29 is 22.0 Å². The van der Waals surface area contributed by atoms with E-state index in [1.165, 1.54) is 23.1 Å². The van der Waals surface area contributed by atoms with Gasteiger partial charge in [0.15, 0.2) is 0 Å². The van der Waals surface area contributed by atoms with Gasteiger partial charge in [-0.15, -0.1) is 0 Å². The highest BCUT2D eigenvalue weighted by Gasteiger charge is 2.36. The first-order valence-electron chi connectivity index (χ1n) is 7.00. The molecule has 0 spiro atoms. The third-order valence-corrected chi connectivity index (χ3v) is 3.46. The van der Waals surface area contributed by atoms with Crippen molar-refractivity contribution in [3.8, 4) is 22.9 Å². The molecule has 0 radical (unpaired) electrons. The number of fused-ring (bicyclic) bond motifs is 1. The molecule has 4 aromatic heterocycles. The van der Waals surface area contributed by atoms with E-state index in [1.54, 1.807) is 5.10 Å². The van der Waals surface area contributed by atoms with Gasteiger partial charge in [0.05, 0.1) is 18.2 Å². The van der Waals surface area contributed by atoms with Gasteiger partial charge < -0.3 is 4.98 Å². The smallest absolute Gasteiger partial charge is 0.343 e. The number of aromatic nitrogens is 8. The van der Waals surface area contributed by atoms with E-state index in [4.69, 9.17) is 0 Å². The van der Waals surface area contributed by atoms with Crippen LogP contribution in [-0.2, 0) is 6.18 Å². The average Bonchev–Trinajstić information content (AvgIpc) is 3.31. The molecule has 0 aromatic carbocycles. The molecule has 0 bridgehead atoms. The van der Waals surface area contributed by atoms with Crippen molar-refractivity contribution >= 4 is 5.78 Å². The molecule has 0 saturated carbocycles. The fourth-order valence-corrected chi connectivity index (χ4v) is 2.36. The summed E-state index contributed by atoms with van der Waals surface area (Å²) in [5.74, 6) is -1.80. The van der Waals surface area contributed by atoms with Gasteiger partial charge in [-0.2, -0.15) is 18.3 Å². The molecule has 0 amide bonds. The lowest BCUT2D eigenvalue weighted by atomic mass is 10.2. The number of hydrogen-bond donors (Lipinski definition) is 2. The zero-order chi connectivity index (χ0) is 18.5. The van der Waals surface area contributed by atoms with Gasteiger partial charge in [0.2, 0.25) is 17.4 Å². The Labute approximate surface area is 140 Å². The first kappa shape index (κ1) is 16.1. The summed E-state index contributed by atoms with van der Waals surface area (Å²) in [6.07, 6.45) is -3.52. The first-order valence-corrected chi connectivity index (χ1v) is 7.00. The Kier molecular flexibility index (Phi) is 3.45. The van der Waals surface area contributed by atoms with Gasteiger partial charge in [-0.3, -0.25) is 9.50 Å². The Morgan fingerprint density at radius 2 is 1.92 bits per heavy atom. The van der Waals surface area contributed by atoms with Crippen LogP contribution in [0.4, 0.5) is 22.0 Å². The summed E-state index contributed by atoms with van der Waals surface area (Å²) >= 11 is 0. The molecule has 2 N–H and O–H groups in total. The van der Waals surface area contributed by atoms with Crippen molar-refractivity contribution in [3.05, 3.63) is 36.3 Å². The van der Waals surface area contributed by atoms with Gasteiger partial charge in [0.1, 0.15) is 17.1 Å². The minimum Gasteiger partial charge on any atom is -0.343 e. The zero-order valence-corrected chi connectivity index (χ0v) is 12.5. The van der Waals surface area contributed by atoms with Gasteiger partial charge in [-0.05, 0) is 6.07 Å². The summed E-state index contributed by atoms with van der Waals surface area (Å²) in [4.78, 5) is 17.8. The van der Waals surface area contributed by atoms with Crippen LogP contribution in [0.2, 0.25) is 0 Å². The maximum absolute atomic E-state index is 12.9. The molecule has 4 rings (SSSR count). The molecular weight excluding hydrogens is 363 g/mol. The number of nitrogens with zero attached hydrogens (tertiary/aromatic N) is 6. The van der Waals surface area contributed by atoms with E-state index in [0.717, 1.165) is 6.07 Å². The van der Waals surface area contributed by atoms with Crippen LogP contribution in [0.5, 0.6) is 0 Å². The van der Waals surface area contributed by atoms with E-state index < -0.39 is 24.1 Å². The van der Waals surface area contributed by atoms with Crippen molar-refractivity contribution in [2.75, 3.05) is 0 Å². The summed E-state index contributed by atoms with van der Waals surface area (Å²) in [5.41, 5.74) is 0.0205. The van der Waals surface area contributed by atoms with Gasteiger partial charge in [-0.25, -0.2) is 28.7 Å². The molecule has 4 heterocycles. The quantitative estimate of drug-likeness (QED) is 0.540. The predicted octanol–water partition coefficient (Wildman–Crippen LogP) is 2.86. The molecule has 0 aliphatic rings. The second-order valence-electron chi connectivity index (χ2n) is 5.10. The second-order valence-corrected chi connectivity index (χ2v) is 5.10. The Hall–Kier alpha value is -3.38. The second kappa shape index (κ2) is 5.57. The molecule has 13 heteroatoms. The first-order chi connectivity index (χ1) is 12.3. The molecule has 0 atom stereocenters. The van der Waals surface area contributed by atoms with Crippen LogP contribution in [-0.4, -0.2) is 39.5 Å². The highest BCUT2D eigenvalue weighted by Crippen LogP contribution is 2.32. The van der Waals surface area contributed by atoms with E-state index in [1.807, 2.05) is 0 Å². The monoisotopic (exact) mass is 370 g/mol. The molecule has 134 valence electrons. The number of halogens is 5. The van der Waals surface area contributed by atoms with Crippen LogP contribution in [0.3, 0.4) is 0 Å². The lowest BCUT2D eigenvalue weighted by molar-refractivity contribution is -0.144. The van der Waals surface area contributed by atoms with Crippen molar-refractivity contribution in [1.82, 2.24) is 39.5 Å². The third kappa shape index (κ3) is 2.57. The maximum Gasteiger partial charge on any atom is 0.451 e. The summed E-state index contributed by atoms with van der Waals surface area (Å²) in [5, 5.41) is 5.32. The third-order valence-electron chi connectivity index (χ3n) is 3.46. The summed E-state index contributed by atoms with van der Waals surface area (Å²) < 4.78 is 65.4. The number of aromatic amines is 2. The van der Waals surface area contributed by atoms with Crippen LogP contribution in [0, 0.1) is 0 Å². The summed E-state index contributed by atoms with van der Waals surface area (Å²) in [6, 6.07) is 1.09. The van der Waals surface area contributed by atoms with Gasteiger partial charge in [0.25, 0.3) is 6.43 Å². The number of H-pyrrole nitrogens is 2. The Morgan fingerprint density at radius 1 is 1.12 bits per heavy atom. The standard InChI is InChI=1S/C13H7F5N8/c14-9(15)5-1-2-26-8(6-3-19-4-20-6)7(22-12(26)21-5)10-23-11(25-24-10)13(16,17)18/h1-4,9H,(H,19,20)(H,23,24,25). The predicted molar refractivity (Wildman–Crippen MR) is 75.9 cm³/mol. The number of hydrogen-bond acceptors (Lipinski definition) is 5. The Morgan fingerprint density at radius 3 is 2.54 bits per heavy atom. The molecule has 0 saturated heterocycles. The van der Waals surface area contributed by atoms with E-state index in [0.29, 0.717) is 5.69 Å². The fourth-order valence-electron chi connectivity index (χ4n) is 2.36. The molecule has 4 aromatic rings. The SMILES string of the molecule is FC(F)c1ccn2c(-c3cnc[nH]3)c(-c3n[nH]c(C(F)(F)F)n3)nc2n1. The van der Waals surface area contributed by atoms with E-state index in [2.05, 4.69) is 30.0 Å². The molecular formula is C13H7F5N8. The van der Waals surface area contributed by atoms with Gasteiger partial charge in [0, 0.05) is 6.20 Å². The lowest BCUT2D eigenvalue weighted by Gasteiger charge is -2.02. The Balaban J connectivity index is 1.96. The zero-order valence-electron chi connectivity index (χ0n) is 12.5. The molecule has 0 fully saturated rings. The van der Waals surface area contributed by atoms with Crippen LogP contribution in [0.25, 0.3) is 28.7 Å². The molecule has 0 aliphatic heterocycles. The number of alkyl halides is 5. The molecule has 26 heavy (non-hydrogen) atoms. The normalized spacial score (nSPS) is 12.4. The minimum absolute atomic E-state index is 0.0695. The number of rotatable bonds is 3. The number of imidazole rings is 2. The van der Waals surface area contributed by atoms with Crippen molar-refractivity contribution in [2.45, 2.75) is 12.6 Å². The molecule has 8 nitrogen and oxygen atoms in total. The van der Waals surface area contributed by atoms with Gasteiger partial charge >= 0.3 is 6.18 Å². The average molecular weight is 370 g/mol. The molecule has 0 aliphatic carbocycles. The van der Waals surface area contributed by atoms with E-state index >= 15 is 0 Å². The fraction of sp³-hybridized carbons (Fsp3) is 0.154. The lowest BCUT2D eigenvalue weighted by Crippen LogP contribution is -2.07. The highest BCUT2D eigenvalue weighted by atomic mass is 19.4. The van der Waals surface area contributed by atoms with Crippen molar-refractivity contribution in [2.24, 2.45) is 0 Å². The van der Waals surface area contributed by atoms with Crippen LogP contribution < -0.4 is 0 Å². The Bertz CT molecular complexity index is 1060. The summed E-state index contributed by atoms with van der Waals surface area (Å²) in [6.45, 7) is 0. The topological polar surface area (TPSA) is 100 Å². The van der Waals surface area contributed by atoms with E-state index in [-0.39, 0.29) is 23.0 Å². The maximum atomic E-state index is 12.9.